The second-order valence-corrected chi connectivity index (χ2v) is 6.35. The number of rotatable bonds is 4. The lowest BCUT2D eigenvalue weighted by Crippen LogP contribution is -2.09. The van der Waals surface area contributed by atoms with E-state index < -0.39 is 0 Å². The van der Waals surface area contributed by atoms with Crippen LogP contribution in [0.5, 0.6) is 0 Å². The van der Waals surface area contributed by atoms with E-state index in [0.717, 1.165) is 15.0 Å². The van der Waals surface area contributed by atoms with E-state index in [2.05, 4.69) is 47.2 Å². The van der Waals surface area contributed by atoms with E-state index in [9.17, 15) is 4.79 Å². The van der Waals surface area contributed by atoms with Gasteiger partial charge in [0.15, 0.2) is 0 Å². The molecule has 0 saturated carbocycles. The summed E-state index contributed by atoms with van der Waals surface area (Å²) in [5.74, 6) is -0.376. The van der Waals surface area contributed by atoms with Gasteiger partial charge in [-0.25, -0.2) is 0 Å². The molecule has 0 unspecified atom stereocenters. The predicted octanol–water partition coefficient (Wildman–Crippen LogP) is 3.84. The summed E-state index contributed by atoms with van der Waals surface area (Å²) in [6.07, 6.45) is 0. The fourth-order valence-electron chi connectivity index (χ4n) is 1.97. The molecular weight excluding hydrogens is 324 g/mol. The molecule has 5 heteroatoms. The molecule has 1 amide bonds. The van der Waals surface area contributed by atoms with Crippen molar-refractivity contribution in [2.24, 2.45) is 5.73 Å². The Morgan fingerprint density at radius 3 is 2.47 bits per heavy atom. The molecule has 0 aliphatic heterocycles. The maximum absolute atomic E-state index is 11.0. The van der Waals surface area contributed by atoms with Gasteiger partial charge in [0.1, 0.15) is 0 Å². The number of nitrogens with one attached hydrogen (secondary N) is 1. The van der Waals surface area contributed by atoms with E-state index in [-0.39, 0.29) is 5.91 Å². The van der Waals surface area contributed by atoms with Crippen molar-refractivity contribution in [3.63, 3.8) is 0 Å². The Bertz CT molecular complexity index is 599. The fourth-order valence-corrected chi connectivity index (χ4v) is 3.47. The summed E-state index contributed by atoms with van der Waals surface area (Å²) in [6.45, 7) is 4.84. The summed E-state index contributed by atoms with van der Waals surface area (Å²) < 4.78 is 1.08. The molecule has 0 bridgehead atoms. The van der Waals surface area contributed by atoms with Crippen LogP contribution in [0.2, 0.25) is 0 Å². The molecule has 0 aliphatic rings. The number of halogens is 1. The lowest BCUT2D eigenvalue weighted by atomic mass is 10.1. The lowest BCUT2D eigenvalue weighted by Gasteiger charge is -2.12. The van der Waals surface area contributed by atoms with Gasteiger partial charge in [-0.2, -0.15) is 0 Å². The molecule has 0 aliphatic carbocycles. The molecule has 1 aromatic carbocycles. The number of hydrogen-bond acceptors (Lipinski definition) is 3. The molecular formula is C14H15BrN2OS. The normalized spacial score (nSPS) is 10.5. The van der Waals surface area contributed by atoms with Crippen LogP contribution in [0, 0.1) is 13.8 Å². The van der Waals surface area contributed by atoms with Crippen LogP contribution in [0.25, 0.3) is 0 Å². The summed E-state index contributed by atoms with van der Waals surface area (Å²) in [5.41, 5.74) is 9.34. The molecule has 0 saturated heterocycles. The molecule has 3 N–H and O–H groups in total. The molecule has 3 nitrogen and oxygen atoms in total. The predicted molar refractivity (Wildman–Crippen MR) is 83.8 cm³/mol. The molecule has 1 aromatic heterocycles. The molecule has 100 valence electrons. The highest BCUT2D eigenvalue weighted by Crippen LogP contribution is 2.26. The van der Waals surface area contributed by atoms with Gasteiger partial charge in [-0.15, -0.1) is 11.3 Å². The van der Waals surface area contributed by atoms with Gasteiger partial charge in [0.05, 0.1) is 5.56 Å². The van der Waals surface area contributed by atoms with Crippen molar-refractivity contribution in [3.8, 4) is 0 Å². The zero-order valence-corrected chi connectivity index (χ0v) is 13.2. The summed E-state index contributed by atoms with van der Waals surface area (Å²) in [5, 5.41) is 5.21. The van der Waals surface area contributed by atoms with E-state index >= 15 is 0 Å². The third-order valence-corrected chi connectivity index (χ3v) is 4.27. The van der Waals surface area contributed by atoms with Crippen LogP contribution >= 0.6 is 27.3 Å². The summed E-state index contributed by atoms with van der Waals surface area (Å²) in [6, 6.07) is 6.00. The van der Waals surface area contributed by atoms with Gasteiger partial charge in [0.2, 0.25) is 5.91 Å². The van der Waals surface area contributed by atoms with Crippen molar-refractivity contribution < 1.29 is 4.79 Å². The molecule has 0 fully saturated rings. The van der Waals surface area contributed by atoms with Gasteiger partial charge in [-0.3, -0.25) is 4.79 Å². The first kappa shape index (κ1) is 14.1. The molecule has 1 heterocycles. The number of nitrogens with two attached hydrogens (primary N) is 1. The first-order valence-corrected chi connectivity index (χ1v) is 7.52. The van der Waals surface area contributed by atoms with Gasteiger partial charge in [0.25, 0.3) is 0 Å². The van der Waals surface area contributed by atoms with Gasteiger partial charge < -0.3 is 11.1 Å². The largest absolute Gasteiger partial charge is 0.380 e. The Morgan fingerprint density at radius 1 is 1.32 bits per heavy atom. The third kappa shape index (κ3) is 3.36. The highest BCUT2D eigenvalue weighted by Gasteiger charge is 2.07. The Hall–Kier alpha value is -1.33. The minimum absolute atomic E-state index is 0.376. The Morgan fingerprint density at radius 2 is 1.95 bits per heavy atom. The number of primary amides is 1. The molecule has 2 rings (SSSR count). The second kappa shape index (κ2) is 5.75. The first-order chi connectivity index (χ1) is 8.97. The molecule has 0 spiro atoms. The molecule has 19 heavy (non-hydrogen) atoms. The number of anilines is 1. The van der Waals surface area contributed by atoms with Crippen LogP contribution in [0.4, 0.5) is 5.69 Å². The van der Waals surface area contributed by atoms with Crippen LogP contribution in [0.3, 0.4) is 0 Å². The Kier molecular flexibility index (Phi) is 4.27. The van der Waals surface area contributed by atoms with Gasteiger partial charge in [-0.05, 0) is 43.2 Å². The maximum Gasteiger partial charge on any atom is 0.249 e. The highest BCUT2D eigenvalue weighted by molar-refractivity contribution is 9.10. The number of carbonyl (C=O) groups is 1. The number of benzene rings is 1. The van der Waals surface area contributed by atoms with Crippen LogP contribution in [0.15, 0.2) is 28.1 Å². The fraction of sp³-hybridized carbons (Fsp3) is 0.214. The standard InChI is InChI=1S/C14H15BrN2OS/c1-8-3-11(15)4-9(2)13(8)17-6-12-5-10(7-19-12)14(16)18/h3-5,7,17H,6H2,1-2H3,(H2,16,18). The highest BCUT2D eigenvalue weighted by atomic mass is 79.9. The smallest absolute Gasteiger partial charge is 0.249 e. The van der Waals surface area contributed by atoms with Crippen LogP contribution < -0.4 is 11.1 Å². The summed E-state index contributed by atoms with van der Waals surface area (Å²) in [4.78, 5) is 12.1. The van der Waals surface area contributed by atoms with Gasteiger partial charge in [-0.1, -0.05) is 15.9 Å². The zero-order chi connectivity index (χ0) is 14.0. The molecule has 0 radical (unpaired) electrons. The average molecular weight is 339 g/mol. The topological polar surface area (TPSA) is 55.1 Å². The first-order valence-electron chi connectivity index (χ1n) is 5.85. The monoisotopic (exact) mass is 338 g/mol. The molecule has 0 atom stereocenters. The summed E-state index contributed by atoms with van der Waals surface area (Å²) in [7, 11) is 0. The van der Waals surface area contributed by atoms with Crippen LogP contribution in [0.1, 0.15) is 26.4 Å². The van der Waals surface area contributed by atoms with Crippen LogP contribution in [-0.2, 0) is 6.54 Å². The van der Waals surface area contributed by atoms with E-state index in [1.54, 1.807) is 5.38 Å². The average Bonchev–Trinajstić information content (AvgIpc) is 2.76. The van der Waals surface area contributed by atoms with Crippen LogP contribution in [-0.4, -0.2) is 5.91 Å². The van der Waals surface area contributed by atoms with Crippen molar-refractivity contribution in [3.05, 3.63) is 49.6 Å². The number of carbonyl (C=O) groups excluding carboxylic acids is 1. The number of aryl methyl sites for hydroxylation is 2. The number of amides is 1. The SMILES string of the molecule is Cc1cc(Br)cc(C)c1NCc1cc(C(N)=O)cs1. The maximum atomic E-state index is 11.0. The van der Waals surface area contributed by atoms with Crippen molar-refractivity contribution in [2.75, 3.05) is 5.32 Å². The van der Waals surface area contributed by atoms with Crippen molar-refractivity contribution in [2.45, 2.75) is 20.4 Å². The Labute approximate surface area is 125 Å². The minimum atomic E-state index is -0.376. The Balaban J connectivity index is 2.12. The zero-order valence-electron chi connectivity index (χ0n) is 10.8. The minimum Gasteiger partial charge on any atom is -0.380 e. The van der Waals surface area contributed by atoms with E-state index in [1.807, 2.05) is 6.07 Å². The third-order valence-electron chi connectivity index (χ3n) is 2.88. The second-order valence-electron chi connectivity index (χ2n) is 4.43. The number of hydrogen-bond donors (Lipinski definition) is 2. The van der Waals surface area contributed by atoms with Gasteiger partial charge in [0, 0.05) is 27.0 Å². The lowest BCUT2D eigenvalue weighted by molar-refractivity contribution is 0.100. The van der Waals surface area contributed by atoms with Gasteiger partial charge >= 0.3 is 0 Å². The van der Waals surface area contributed by atoms with Crippen molar-refractivity contribution >= 4 is 38.9 Å². The number of thiophene rings is 1. The van der Waals surface area contributed by atoms with E-state index in [0.29, 0.717) is 12.1 Å². The van der Waals surface area contributed by atoms with Crippen molar-refractivity contribution in [1.29, 1.82) is 0 Å². The van der Waals surface area contributed by atoms with Crippen molar-refractivity contribution in [1.82, 2.24) is 0 Å². The van der Waals surface area contributed by atoms with E-state index in [4.69, 9.17) is 5.73 Å². The van der Waals surface area contributed by atoms with E-state index in [1.165, 1.54) is 22.5 Å². The quantitative estimate of drug-likeness (QED) is 0.889. The molecule has 2 aromatic rings. The summed E-state index contributed by atoms with van der Waals surface area (Å²) >= 11 is 5.02.